The molecular formula is C15H26N2O3. The van der Waals surface area contributed by atoms with Crippen LogP contribution in [-0.4, -0.2) is 48.6 Å². The van der Waals surface area contributed by atoms with E-state index in [1.165, 1.54) is 0 Å². The van der Waals surface area contributed by atoms with E-state index in [0.717, 1.165) is 12.8 Å². The van der Waals surface area contributed by atoms with Crippen LogP contribution >= 0.6 is 0 Å². The molecule has 1 heterocycles. The van der Waals surface area contributed by atoms with Crippen LogP contribution in [0.2, 0.25) is 0 Å². The van der Waals surface area contributed by atoms with Crippen molar-refractivity contribution in [3.05, 3.63) is 0 Å². The van der Waals surface area contributed by atoms with Crippen LogP contribution in [0.25, 0.3) is 0 Å². The maximum atomic E-state index is 12.8. The summed E-state index contributed by atoms with van der Waals surface area (Å²) in [5.41, 5.74) is -0.285. The van der Waals surface area contributed by atoms with Gasteiger partial charge in [-0.2, -0.15) is 0 Å². The molecule has 0 aromatic rings. The molecule has 3 unspecified atom stereocenters. The highest BCUT2D eigenvalue weighted by atomic mass is 16.5. The Morgan fingerprint density at radius 1 is 1.35 bits per heavy atom. The van der Waals surface area contributed by atoms with Gasteiger partial charge in [-0.15, -0.1) is 0 Å². The summed E-state index contributed by atoms with van der Waals surface area (Å²) in [6, 6.07) is -0.843. The first kappa shape index (κ1) is 15.3. The van der Waals surface area contributed by atoms with Gasteiger partial charge in [-0.25, -0.2) is 0 Å². The molecule has 0 aromatic carbocycles. The third-order valence-electron chi connectivity index (χ3n) is 4.17. The minimum atomic E-state index is -0.454. The molecule has 0 bridgehead atoms. The van der Waals surface area contributed by atoms with E-state index in [2.05, 4.69) is 5.32 Å². The third-order valence-corrected chi connectivity index (χ3v) is 4.17. The monoisotopic (exact) mass is 282 g/mol. The van der Waals surface area contributed by atoms with Crippen molar-refractivity contribution in [3.63, 3.8) is 0 Å². The van der Waals surface area contributed by atoms with Crippen molar-refractivity contribution in [3.8, 4) is 0 Å². The van der Waals surface area contributed by atoms with Crippen LogP contribution in [0.4, 0.5) is 0 Å². The van der Waals surface area contributed by atoms with Gasteiger partial charge in [0, 0.05) is 7.11 Å². The molecule has 2 amide bonds. The largest absolute Gasteiger partial charge is 0.383 e. The Bertz CT molecular complexity index is 398. The Labute approximate surface area is 121 Å². The van der Waals surface area contributed by atoms with Crippen LogP contribution in [-0.2, 0) is 14.3 Å². The summed E-state index contributed by atoms with van der Waals surface area (Å²) in [7, 11) is 1.62. The summed E-state index contributed by atoms with van der Waals surface area (Å²) in [5.74, 6) is 0.340. The maximum Gasteiger partial charge on any atom is 0.246 e. The second-order valence-corrected chi connectivity index (χ2v) is 7.14. The van der Waals surface area contributed by atoms with Gasteiger partial charge in [-0.3, -0.25) is 9.59 Å². The van der Waals surface area contributed by atoms with Crippen molar-refractivity contribution in [2.45, 2.75) is 58.7 Å². The fraction of sp³-hybridized carbons (Fsp3) is 0.867. The summed E-state index contributed by atoms with van der Waals surface area (Å²) in [5, 5.41) is 2.93. The highest BCUT2D eigenvalue weighted by molar-refractivity contribution is 5.98. The van der Waals surface area contributed by atoms with Crippen LogP contribution in [0.3, 0.4) is 0 Å². The van der Waals surface area contributed by atoms with E-state index in [1.54, 1.807) is 12.0 Å². The summed E-state index contributed by atoms with van der Waals surface area (Å²) in [6.45, 7) is 8.35. The third kappa shape index (κ3) is 2.82. The second-order valence-electron chi connectivity index (χ2n) is 7.14. The van der Waals surface area contributed by atoms with Gasteiger partial charge in [-0.1, -0.05) is 20.8 Å². The fourth-order valence-corrected chi connectivity index (χ4v) is 2.95. The van der Waals surface area contributed by atoms with Crippen molar-refractivity contribution in [1.82, 2.24) is 10.2 Å². The van der Waals surface area contributed by atoms with Crippen molar-refractivity contribution in [2.75, 3.05) is 13.7 Å². The van der Waals surface area contributed by atoms with Crippen LogP contribution < -0.4 is 5.32 Å². The van der Waals surface area contributed by atoms with Gasteiger partial charge in [0.05, 0.1) is 12.6 Å². The van der Waals surface area contributed by atoms with E-state index in [0.29, 0.717) is 12.5 Å². The van der Waals surface area contributed by atoms with E-state index >= 15 is 0 Å². The molecule has 0 spiro atoms. The highest BCUT2D eigenvalue weighted by Gasteiger charge is 2.51. The summed E-state index contributed by atoms with van der Waals surface area (Å²) in [6.07, 6.45) is 2.06. The van der Waals surface area contributed by atoms with Crippen LogP contribution in [0.15, 0.2) is 0 Å². The standard InChI is InChI=1S/C15H26N2O3/c1-9(8-20-5)17-11(10-6-7-10)13(18)16-12(14(17)19)15(2,3)4/h9-12H,6-8H2,1-5H3,(H,16,18). The van der Waals surface area contributed by atoms with Gasteiger partial charge in [0.2, 0.25) is 11.8 Å². The average Bonchev–Trinajstić information content (AvgIpc) is 3.13. The first-order valence-electron chi connectivity index (χ1n) is 7.39. The lowest BCUT2D eigenvalue weighted by molar-refractivity contribution is -0.157. The number of methoxy groups -OCH3 is 1. The Morgan fingerprint density at radius 3 is 2.40 bits per heavy atom. The molecule has 2 fully saturated rings. The minimum Gasteiger partial charge on any atom is -0.383 e. The topological polar surface area (TPSA) is 58.6 Å². The number of carbonyl (C=O) groups excluding carboxylic acids is 2. The number of nitrogens with one attached hydrogen (secondary N) is 1. The van der Waals surface area contributed by atoms with Gasteiger partial charge in [0.1, 0.15) is 12.1 Å². The minimum absolute atomic E-state index is 0.00465. The molecule has 114 valence electrons. The number of hydrogen-bond donors (Lipinski definition) is 1. The van der Waals surface area contributed by atoms with Crippen LogP contribution in [0, 0.1) is 11.3 Å². The predicted octanol–water partition coefficient (Wildman–Crippen LogP) is 1.17. The highest BCUT2D eigenvalue weighted by Crippen LogP contribution is 2.39. The number of ether oxygens (including phenoxy) is 1. The van der Waals surface area contributed by atoms with Crippen LogP contribution in [0.1, 0.15) is 40.5 Å². The SMILES string of the molecule is COCC(C)N1C(=O)C(C(C)(C)C)NC(=O)C1C1CC1. The molecule has 0 radical (unpaired) electrons. The molecule has 2 rings (SSSR count). The number of rotatable bonds is 4. The molecule has 5 heteroatoms. The van der Waals surface area contributed by atoms with Crippen molar-refractivity contribution in [1.29, 1.82) is 0 Å². The molecule has 2 aliphatic rings. The zero-order chi connectivity index (χ0) is 15.1. The van der Waals surface area contributed by atoms with Gasteiger partial charge in [0.15, 0.2) is 0 Å². The zero-order valence-corrected chi connectivity index (χ0v) is 13.1. The number of carbonyl (C=O) groups is 2. The molecule has 1 aliphatic carbocycles. The number of piperazine rings is 1. The Hall–Kier alpha value is -1.10. The first-order valence-corrected chi connectivity index (χ1v) is 7.39. The van der Waals surface area contributed by atoms with Gasteiger partial charge in [0.25, 0.3) is 0 Å². The molecule has 1 saturated heterocycles. The lowest BCUT2D eigenvalue weighted by atomic mass is 9.83. The van der Waals surface area contributed by atoms with Crippen molar-refractivity contribution in [2.24, 2.45) is 11.3 Å². The second kappa shape index (κ2) is 5.35. The fourth-order valence-electron chi connectivity index (χ4n) is 2.95. The normalized spacial score (nSPS) is 29.4. The number of hydrogen-bond acceptors (Lipinski definition) is 3. The maximum absolute atomic E-state index is 12.8. The Balaban J connectivity index is 2.28. The van der Waals surface area contributed by atoms with Crippen molar-refractivity contribution >= 4 is 11.8 Å². The van der Waals surface area contributed by atoms with Crippen LogP contribution in [0.5, 0.6) is 0 Å². The van der Waals surface area contributed by atoms with Gasteiger partial charge in [-0.05, 0) is 31.1 Å². The van der Waals surface area contributed by atoms with Gasteiger partial charge >= 0.3 is 0 Å². The number of nitrogens with zero attached hydrogens (tertiary/aromatic N) is 1. The molecular weight excluding hydrogens is 256 g/mol. The molecule has 3 atom stereocenters. The van der Waals surface area contributed by atoms with E-state index < -0.39 is 6.04 Å². The van der Waals surface area contributed by atoms with E-state index in [9.17, 15) is 9.59 Å². The summed E-state index contributed by atoms with van der Waals surface area (Å²) >= 11 is 0. The lowest BCUT2D eigenvalue weighted by Gasteiger charge is -2.45. The number of amides is 2. The molecule has 1 aliphatic heterocycles. The molecule has 1 saturated carbocycles. The van der Waals surface area contributed by atoms with E-state index in [1.807, 2.05) is 27.7 Å². The quantitative estimate of drug-likeness (QED) is 0.842. The van der Waals surface area contributed by atoms with E-state index in [4.69, 9.17) is 4.74 Å². The molecule has 20 heavy (non-hydrogen) atoms. The van der Waals surface area contributed by atoms with Gasteiger partial charge < -0.3 is 15.0 Å². The summed E-state index contributed by atoms with van der Waals surface area (Å²) in [4.78, 5) is 27.1. The average molecular weight is 282 g/mol. The first-order chi connectivity index (χ1) is 9.27. The smallest absolute Gasteiger partial charge is 0.246 e. The Morgan fingerprint density at radius 2 is 1.95 bits per heavy atom. The predicted molar refractivity (Wildman–Crippen MR) is 76.1 cm³/mol. The lowest BCUT2D eigenvalue weighted by Crippen LogP contribution is -2.69. The molecule has 5 nitrogen and oxygen atoms in total. The molecule has 1 N–H and O–H groups in total. The molecule has 0 aromatic heterocycles. The van der Waals surface area contributed by atoms with E-state index in [-0.39, 0.29) is 29.3 Å². The summed E-state index contributed by atoms with van der Waals surface area (Å²) < 4.78 is 5.18. The van der Waals surface area contributed by atoms with Crippen molar-refractivity contribution < 1.29 is 14.3 Å². The zero-order valence-electron chi connectivity index (χ0n) is 13.1. The Kier molecular flexibility index (Phi) is 4.09.